The van der Waals surface area contributed by atoms with E-state index in [2.05, 4.69) is 48.5 Å². The molecule has 0 aliphatic rings. The molecular weight excluding hydrogens is 262 g/mol. The van der Waals surface area contributed by atoms with Gasteiger partial charge in [-0.05, 0) is 48.0 Å². The van der Waals surface area contributed by atoms with Crippen molar-refractivity contribution in [1.82, 2.24) is 0 Å². The van der Waals surface area contributed by atoms with Crippen LogP contribution in [0.1, 0.15) is 61.3 Å². The lowest BCUT2D eigenvalue weighted by Gasteiger charge is -2.34. The van der Waals surface area contributed by atoms with E-state index in [-0.39, 0.29) is 7.92 Å². The molecule has 0 rings (SSSR count). The van der Waals surface area contributed by atoms with E-state index in [1.807, 2.05) is 0 Å². The van der Waals surface area contributed by atoms with Crippen molar-refractivity contribution in [1.29, 1.82) is 0 Å². The molecule has 0 aliphatic carbocycles. The van der Waals surface area contributed by atoms with E-state index in [0.29, 0.717) is 10.3 Å². The molecule has 0 aromatic heterocycles. The van der Waals surface area contributed by atoms with E-state index in [4.69, 9.17) is 0 Å². The number of unbranched alkanes of at least 4 members (excludes halogenated alkanes) is 1. The second-order valence-corrected chi connectivity index (χ2v) is 11.0. The molecule has 0 heterocycles. The summed E-state index contributed by atoms with van der Waals surface area (Å²) in [5, 5.41) is 1.11. The van der Waals surface area contributed by atoms with E-state index in [0.717, 1.165) is 0 Å². The van der Waals surface area contributed by atoms with Crippen LogP contribution in [0.3, 0.4) is 0 Å². The molecule has 112 valence electrons. The van der Waals surface area contributed by atoms with Gasteiger partial charge in [0.2, 0.25) is 0 Å². The zero-order valence-electron chi connectivity index (χ0n) is 12.7. The monoisotopic (exact) mass is 290 g/mol. The molecule has 0 nitrogen and oxygen atoms in total. The Bertz CT molecular complexity index is 196. The predicted molar refractivity (Wildman–Crippen MR) is 77.8 cm³/mol. The summed E-state index contributed by atoms with van der Waals surface area (Å²) in [5.41, 5.74) is 0. The van der Waals surface area contributed by atoms with Gasteiger partial charge in [-0.15, -0.1) is 0 Å². The van der Waals surface area contributed by atoms with Crippen LogP contribution in [0.4, 0.5) is 17.3 Å². The van der Waals surface area contributed by atoms with Gasteiger partial charge in [0.15, 0.2) is 0 Å². The zero-order valence-corrected chi connectivity index (χ0v) is 13.7. The normalized spacial score (nSPS) is 13.3. The third kappa shape index (κ3) is 14.3. The molecule has 0 aliphatic heterocycles. The van der Waals surface area contributed by atoms with Gasteiger partial charge in [-0.2, -0.15) is 0 Å². The largest absolute Gasteiger partial charge is 0.673 e. The van der Waals surface area contributed by atoms with Crippen LogP contribution in [0.2, 0.25) is 0 Å². The van der Waals surface area contributed by atoms with Crippen LogP contribution in [-0.4, -0.2) is 23.7 Å². The van der Waals surface area contributed by atoms with Crippen molar-refractivity contribution in [2.24, 2.45) is 0 Å². The summed E-state index contributed by atoms with van der Waals surface area (Å²) in [7, 11) is -6.24. The molecule has 0 fully saturated rings. The van der Waals surface area contributed by atoms with Crippen molar-refractivity contribution in [2.75, 3.05) is 6.16 Å². The van der Waals surface area contributed by atoms with Gasteiger partial charge in [0.1, 0.15) is 0 Å². The minimum atomic E-state index is -6.00. The number of hydrogen-bond acceptors (Lipinski definition) is 0. The highest BCUT2D eigenvalue weighted by molar-refractivity contribution is 7.60. The molecule has 0 saturated heterocycles. The zero-order chi connectivity index (χ0) is 15.2. The van der Waals surface area contributed by atoms with E-state index < -0.39 is 7.25 Å². The molecule has 0 atom stereocenters. The first kappa shape index (κ1) is 20.5. The van der Waals surface area contributed by atoms with E-state index >= 15 is 0 Å². The van der Waals surface area contributed by atoms with Crippen molar-refractivity contribution in [2.45, 2.75) is 71.6 Å². The van der Waals surface area contributed by atoms with Crippen LogP contribution in [0.25, 0.3) is 0 Å². The second kappa shape index (κ2) is 7.72. The molecule has 0 unspecified atom stereocenters. The molecule has 0 aromatic rings. The Morgan fingerprint density at radius 3 is 1.28 bits per heavy atom. The Balaban J connectivity index is 0. The van der Waals surface area contributed by atoms with Crippen molar-refractivity contribution in [3.63, 3.8) is 0 Å². The average molecular weight is 290 g/mol. The van der Waals surface area contributed by atoms with Gasteiger partial charge in [0, 0.05) is 7.92 Å². The highest BCUT2D eigenvalue weighted by Gasteiger charge is 2.40. The molecule has 0 radical (unpaired) electrons. The van der Waals surface area contributed by atoms with E-state index in [9.17, 15) is 17.3 Å². The highest BCUT2D eigenvalue weighted by Crippen LogP contribution is 2.59. The molecule has 0 aromatic carbocycles. The van der Waals surface area contributed by atoms with Gasteiger partial charge in [-0.25, -0.2) is 0 Å². The fourth-order valence-electron chi connectivity index (χ4n) is 2.23. The average Bonchev–Trinajstić information content (AvgIpc) is 1.95. The van der Waals surface area contributed by atoms with Crippen molar-refractivity contribution in [3.8, 4) is 0 Å². The smallest absolute Gasteiger partial charge is 0.418 e. The first-order chi connectivity index (χ1) is 7.69. The SMILES string of the molecule is CCCC[PH+](C(C)(C)C)C(C)(C)C.F[B-](F)(F)F. The van der Waals surface area contributed by atoms with Gasteiger partial charge < -0.3 is 17.3 Å². The molecule has 0 spiro atoms. The Hall–Kier alpha value is 0.215. The maximum atomic E-state index is 9.75. The minimum absolute atomic E-state index is 0.238. The fourth-order valence-corrected chi connectivity index (χ4v) is 6.69. The molecule has 0 bridgehead atoms. The number of halogens is 4. The molecule has 6 heteroatoms. The summed E-state index contributed by atoms with van der Waals surface area (Å²) in [6.07, 6.45) is 4.25. The number of hydrogen-bond donors (Lipinski definition) is 0. The van der Waals surface area contributed by atoms with Crippen LogP contribution in [0, 0.1) is 0 Å². The van der Waals surface area contributed by atoms with Crippen molar-refractivity contribution >= 4 is 15.2 Å². The summed E-state index contributed by atoms with van der Waals surface area (Å²) in [5.74, 6) is 0. The Morgan fingerprint density at radius 1 is 0.833 bits per heavy atom. The van der Waals surface area contributed by atoms with Gasteiger partial charge >= 0.3 is 7.25 Å². The molecular formula is C12H28BF4P. The lowest BCUT2D eigenvalue weighted by atomic mass is 10.2. The maximum Gasteiger partial charge on any atom is 0.673 e. The summed E-state index contributed by atoms with van der Waals surface area (Å²) in [6.45, 7) is 16.8. The molecule has 0 amide bonds. The van der Waals surface area contributed by atoms with Crippen LogP contribution < -0.4 is 0 Å². The second-order valence-electron chi connectivity index (χ2n) is 6.58. The summed E-state index contributed by atoms with van der Waals surface area (Å²) < 4.78 is 39.0. The quantitative estimate of drug-likeness (QED) is 0.345. The predicted octanol–water partition coefficient (Wildman–Crippen LogP) is 5.90. The minimum Gasteiger partial charge on any atom is -0.418 e. The van der Waals surface area contributed by atoms with Gasteiger partial charge in [0.05, 0.1) is 16.5 Å². The van der Waals surface area contributed by atoms with Crippen molar-refractivity contribution in [3.05, 3.63) is 0 Å². The topological polar surface area (TPSA) is 0 Å². The lowest BCUT2D eigenvalue weighted by Crippen LogP contribution is -2.26. The van der Waals surface area contributed by atoms with E-state index in [1.54, 1.807) is 0 Å². The fraction of sp³-hybridized carbons (Fsp3) is 1.00. The number of rotatable bonds is 3. The first-order valence-electron chi connectivity index (χ1n) is 6.43. The molecule has 0 N–H and O–H groups in total. The summed E-state index contributed by atoms with van der Waals surface area (Å²) in [4.78, 5) is 0. The standard InChI is InChI=1S/C12H27P.BF4/c1-8-9-10-13(11(2,3)4)12(5,6)7;2-1(3,4)5/h8-10H2,1-7H3;/q;-1/p+1. The van der Waals surface area contributed by atoms with Crippen LogP contribution >= 0.6 is 7.92 Å². The molecule has 0 saturated carbocycles. The Morgan fingerprint density at radius 2 is 1.11 bits per heavy atom. The van der Waals surface area contributed by atoms with Gasteiger partial charge in [0.25, 0.3) is 0 Å². The third-order valence-corrected chi connectivity index (χ3v) is 7.07. The Kier molecular flexibility index (Phi) is 8.80. The Labute approximate surface area is 111 Å². The van der Waals surface area contributed by atoms with Crippen molar-refractivity contribution < 1.29 is 17.3 Å². The van der Waals surface area contributed by atoms with Gasteiger partial charge in [-0.3, -0.25) is 0 Å². The van der Waals surface area contributed by atoms with Gasteiger partial charge in [-0.1, -0.05) is 13.3 Å². The summed E-state index contributed by atoms with van der Waals surface area (Å²) >= 11 is 0. The lowest BCUT2D eigenvalue weighted by molar-refractivity contribution is 0.368. The first-order valence-corrected chi connectivity index (χ1v) is 8.14. The van der Waals surface area contributed by atoms with Crippen LogP contribution in [-0.2, 0) is 0 Å². The highest BCUT2D eigenvalue weighted by atomic mass is 31.1. The maximum absolute atomic E-state index is 9.75. The van der Waals surface area contributed by atoms with Crippen LogP contribution in [0.5, 0.6) is 0 Å². The van der Waals surface area contributed by atoms with E-state index in [1.165, 1.54) is 19.0 Å². The van der Waals surface area contributed by atoms with Crippen LogP contribution in [0.15, 0.2) is 0 Å². The summed E-state index contributed by atoms with van der Waals surface area (Å²) in [6, 6.07) is 0. The molecule has 18 heavy (non-hydrogen) atoms. The third-order valence-electron chi connectivity index (χ3n) is 2.59.